The fraction of sp³-hybridized carbons (Fsp3) is 1.00. The summed E-state index contributed by atoms with van der Waals surface area (Å²) in [5.41, 5.74) is -0.285. The number of aliphatic hydroxyl groups excluding tert-OH is 1. The zero-order valence-electron chi connectivity index (χ0n) is 13.9. The molecule has 2 atom stereocenters. The summed E-state index contributed by atoms with van der Waals surface area (Å²) < 4.78 is 11.4. The monoisotopic (exact) mass is 287 g/mol. The van der Waals surface area contributed by atoms with Crippen LogP contribution in [0.4, 0.5) is 0 Å². The van der Waals surface area contributed by atoms with Crippen LogP contribution in [-0.4, -0.2) is 48.7 Å². The van der Waals surface area contributed by atoms with E-state index in [1.165, 1.54) is 0 Å². The first-order valence-electron chi connectivity index (χ1n) is 7.88. The molecule has 4 heteroatoms. The molecule has 120 valence electrons. The van der Waals surface area contributed by atoms with Crippen LogP contribution in [0.25, 0.3) is 0 Å². The molecule has 1 fully saturated rings. The van der Waals surface area contributed by atoms with Crippen molar-refractivity contribution in [2.75, 3.05) is 20.3 Å². The minimum atomic E-state index is -0.159. The molecule has 1 rings (SSSR count). The molecule has 0 saturated heterocycles. The van der Waals surface area contributed by atoms with Gasteiger partial charge in [0.2, 0.25) is 0 Å². The topological polar surface area (TPSA) is 50.7 Å². The van der Waals surface area contributed by atoms with E-state index in [9.17, 15) is 5.11 Å². The first kappa shape index (κ1) is 17.9. The quantitative estimate of drug-likeness (QED) is 0.720. The van der Waals surface area contributed by atoms with Gasteiger partial charge < -0.3 is 19.9 Å². The van der Waals surface area contributed by atoms with Gasteiger partial charge in [-0.25, -0.2) is 0 Å². The minimum absolute atomic E-state index is 0.126. The van der Waals surface area contributed by atoms with Gasteiger partial charge in [-0.05, 0) is 46.0 Å². The molecule has 1 aliphatic carbocycles. The maximum Gasteiger partial charge on any atom is 0.0644 e. The van der Waals surface area contributed by atoms with Crippen LogP contribution in [0, 0.1) is 0 Å². The number of methoxy groups -OCH3 is 1. The van der Waals surface area contributed by atoms with E-state index in [4.69, 9.17) is 9.47 Å². The summed E-state index contributed by atoms with van der Waals surface area (Å²) in [6.07, 6.45) is 5.27. The van der Waals surface area contributed by atoms with Gasteiger partial charge in [0, 0.05) is 25.3 Å². The summed E-state index contributed by atoms with van der Waals surface area (Å²) in [5, 5.41) is 13.3. The molecule has 1 aliphatic rings. The highest BCUT2D eigenvalue weighted by Gasteiger charge is 2.36. The molecule has 0 aromatic heterocycles. The Bertz CT molecular complexity index is 281. The normalized spacial score (nSPS) is 28.1. The van der Waals surface area contributed by atoms with Crippen molar-refractivity contribution in [3.05, 3.63) is 0 Å². The van der Waals surface area contributed by atoms with Crippen LogP contribution in [0.15, 0.2) is 0 Å². The molecule has 2 N–H and O–H groups in total. The van der Waals surface area contributed by atoms with Crippen LogP contribution >= 0.6 is 0 Å². The molecule has 1 saturated carbocycles. The third-order valence-electron chi connectivity index (χ3n) is 4.31. The van der Waals surface area contributed by atoms with E-state index < -0.39 is 0 Å². The molecular weight excluding hydrogens is 254 g/mol. The number of ether oxygens (including phenoxy) is 2. The summed E-state index contributed by atoms with van der Waals surface area (Å²) in [4.78, 5) is 0. The Kier molecular flexibility index (Phi) is 6.92. The Morgan fingerprint density at radius 2 is 2.10 bits per heavy atom. The SMILES string of the molecule is COC(C)(C)CCOC1CCCC(CO)(NC(C)C)C1. The number of rotatable bonds is 8. The van der Waals surface area contributed by atoms with Crippen molar-refractivity contribution in [3.8, 4) is 0 Å². The fourth-order valence-electron chi connectivity index (χ4n) is 2.96. The lowest BCUT2D eigenvalue weighted by Gasteiger charge is -2.42. The smallest absolute Gasteiger partial charge is 0.0644 e. The van der Waals surface area contributed by atoms with Crippen LogP contribution in [0.2, 0.25) is 0 Å². The second kappa shape index (κ2) is 7.74. The van der Waals surface area contributed by atoms with Crippen LogP contribution < -0.4 is 5.32 Å². The summed E-state index contributed by atoms with van der Waals surface area (Å²) in [7, 11) is 1.74. The van der Waals surface area contributed by atoms with Crippen molar-refractivity contribution in [3.63, 3.8) is 0 Å². The lowest BCUT2D eigenvalue weighted by molar-refractivity contribution is -0.0509. The summed E-state index contributed by atoms with van der Waals surface area (Å²) in [5.74, 6) is 0. The zero-order chi connectivity index (χ0) is 15.2. The molecule has 0 heterocycles. The van der Waals surface area contributed by atoms with E-state index >= 15 is 0 Å². The maximum atomic E-state index is 9.76. The van der Waals surface area contributed by atoms with Crippen molar-refractivity contribution < 1.29 is 14.6 Å². The fourth-order valence-corrected chi connectivity index (χ4v) is 2.96. The van der Waals surface area contributed by atoms with Gasteiger partial charge in [-0.3, -0.25) is 0 Å². The highest BCUT2D eigenvalue weighted by atomic mass is 16.5. The van der Waals surface area contributed by atoms with E-state index in [1.54, 1.807) is 7.11 Å². The highest BCUT2D eigenvalue weighted by Crippen LogP contribution is 2.31. The van der Waals surface area contributed by atoms with Gasteiger partial charge in [-0.2, -0.15) is 0 Å². The standard InChI is InChI=1S/C16H33NO3/c1-13(2)17-16(12-18)8-6-7-14(11-16)20-10-9-15(3,4)19-5/h13-14,17-18H,6-12H2,1-5H3. The molecule has 0 aromatic carbocycles. The number of nitrogens with one attached hydrogen (secondary N) is 1. The predicted molar refractivity (Wildman–Crippen MR) is 82.0 cm³/mol. The molecule has 0 aliphatic heterocycles. The Balaban J connectivity index is 2.44. The molecule has 0 radical (unpaired) electrons. The Morgan fingerprint density at radius 3 is 2.65 bits per heavy atom. The number of aliphatic hydroxyl groups is 1. The first-order chi connectivity index (χ1) is 9.32. The largest absolute Gasteiger partial charge is 0.394 e. The average Bonchev–Trinajstić information content (AvgIpc) is 2.38. The van der Waals surface area contributed by atoms with Gasteiger partial charge in [-0.1, -0.05) is 13.8 Å². The highest BCUT2D eigenvalue weighted by molar-refractivity contribution is 4.94. The Hall–Kier alpha value is -0.160. The summed E-state index contributed by atoms with van der Waals surface area (Å²) in [6, 6.07) is 0.383. The number of hydrogen-bond acceptors (Lipinski definition) is 4. The van der Waals surface area contributed by atoms with Crippen LogP contribution in [0.1, 0.15) is 59.8 Å². The van der Waals surface area contributed by atoms with Gasteiger partial charge in [0.15, 0.2) is 0 Å². The van der Waals surface area contributed by atoms with Crippen LogP contribution in [0.5, 0.6) is 0 Å². The Morgan fingerprint density at radius 1 is 1.40 bits per heavy atom. The molecule has 20 heavy (non-hydrogen) atoms. The number of hydrogen-bond donors (Lipinski definition) is 2. The third-order valence-corrected chi connectivity index (χ3v) is 4.31. The first-order valence-corrected chi connectivity index (χ1v) is 7.88. The molecular formula is C16H33NO3. The van der Waals surface area contributed by atoms with E-state index in [0.29, 0.717) is 12.6 Å². The predicted octanol–water partition coefficient (Wildman–Crippen LogP) is 2.49. The van der Waals surface area contributed by atoms with E-state index in [1.807, 2.05) is 0 Å². The van der Waals surface area contributed by atoms with Gasteiger partial charge in [0.05, 0.1) is 18.3 Å². The van der Waals surface area contributed by atoms with Crippen molar-refractivity contribution in [2.24, 2.45) is 0 Å². The van der Waals surface area contributed by atoms with Crippen LogP contribution in [0.3, 0.4) is 0 Å². The lowest BCUT2D eigenvalue weighted by Crippen LogP contribution is -2.55. The summed E-state index contributed by atoms with van der Waals surface area (Å²) in [6.45, 7) is 9.32. The van der Waals surface area contributed by atoms with Gasteiger partial charge >= 0.3 is 0 Å². The minimum Gasteiger partial charge on any atom is -0.394 e. The summed E-state index contributed by atoms with van der Waals surface area (Å²) >= 11 is 0. The molecule has 0 spiro atoms. The molecule has 4 nitrogen and oxygen atoms in total. The van der Waals surface area contributed by atoms with Gasteiger partial charge in [0.25, 0.3) is 0 Å². The van der Waals surface area contributed by atoms with E-state index in [0.717, 1.165) is 32.1 Å². The molecule has 0 amide bonds. The second-order valence-corrected chi connectivity index (χ2v) is 7.04. The Labute approximate surface area is 124 Å². The zero-order valence-corrected chi connectivity index (χ0v) is 13.9. The van der Waals surface area contributed by atoms with E-state index in [2.05, 4.69) is 33.0 Å². The molecule has 2 unspecified atom stereocenters. The molecule has 0 aromatic rings. The second-order valence-electron chi connectivity index (χ2n) is 7.04. The van der Waals surface area contributed by atoms with Crippen molar-refractivity contribution >= 4 is 0 Å². The lowest BCUT2D eigenvalue weighted by atomic mass is 9.80. The third kappa shape index (κ3) is 5.68. The van der Waals surface area contributed by atoms with Crippen molar-refractivity contribution in [1.82, 2.24) is 5.32 Å². The van der Waals surface area contributed by atoms with Gasteiger partial charge in [-0.15, -0.1) is 0 Å². The van der Waals surface area contributed by atoms with Crippen molar-refractivity contribution in [2.45, 2.75) is 83.1 Å². The average molecular weight is 287 g/mol. The van der Waals surface area contributed by atoms with Crippen molar-refractivity contribution in [1.29, 1.82) is 0 Å². The van der Waals surface area contributed by atoms with Gasteiger partial charge in [0.1, 0.15) is 0 Å². The van der Waals surface area contributed by atoms with E-state index in [-0.39, 0.29) is 23.9 Å². The van der Waals surface area contributed by atoms with Crippen LogP contribution in [-0.2, 0) is 9.47 Å². The molecule has 0 bridgehead atoms. The maximum absolute atomic E-state index is 9.76.